The van der Waals surface area contributed by atoms with E-state index in [2.05, 4.69) is 10.6 Å². The summed E-state index contributed by atoms with van der Waals surface area (Å²) in [6.07, 6.45) is 2.56. The van der Waals surface area contributed by atoms with Gasteiger partial charge in [-0.15, -0.1) is 0 Å². The number of piperazine rings is 1. The Morgan fingerprint density at radius 3 is 2.40 bits per heavy atom. The van der Waals surface area contributed by atoms with E-state index in [1.807, 2.05) is 24.3 Å². The second-order valence-electron chi connectivity index (χ2n) is 5.44. The highest BCUT2D eigenvalue weighted by Gasteiger charge is 2.42. The molecule has 1 saturated carbocycles. The van der Waals surface area contributed by atoms with Crippen LogP contribution in [0.5, 0.6) is 5.75 Å². The van der Waals surface area contributed by atoms with Crippen molar-refractivity contribution < 1.29 is 14.3 Å². The largest absolute Gasteiger partial charge is 0.497 e. The molecule has 0 unspecified atom stereocenters. The predicted molar refractivity (Wildman–Crippen MR) is 73.3 cm³/mol. The zero-order valence-electron chi connectivity index (χ0n) is 11.4. The second kappa shape index (κ2) is 5.15. The molecule has 2 amide bonds. The third-order valence-corrected chi connectivity index (χ3v) is 3.91. The number of carbonyl (C=O) groups is 2. The minimum atomic E-state index is -0.481. The van der Waals surface area contributed by atoms with Crippen LogP contribution in [0, 0.1) is 5.92 Å². The summed E-state index contributed by atoms with van der Waals surface area (Å²) in [5, 5.41) is 5.68. The number of amides is 2. The first kappa shape index (κ1) is 13.0. The van der Waals surface area contributed by atoms with E-state index in [0.717, 1.165) is 24.2 Å². The van der Waals surface area contributed by atoms with E-state index < -0.39 is 6.04 Å². The normalized spacial score (nSPS) is 25.9. The monoisotopic (exact) mass is 274 g/mol. The summed E-state index contributed by atoms with van der Waals surface area (Å²) in [4.78, 5) is 24.0. The lowest BCUT2D eigenvalue weighted by atomic mass is 10.0. The lowest BCUT2D eigenvalue weighted by molar-refractivity contribution is -0.137. The lowest BCUT2D eigenvalue weighted by Gasteiger charge is -2.29. The summed E-state index contributed by atoms with van der Waals surface area (Å²) in [6.45, 7) is 0. The summed E-state index contributed by atoms with van der Waals surface area (Å²) in [7, 11) is 1.61. The predicted octanol–water partition coefficient (Wildman–Crippen LogP) is 0.631. The maximum atomic E-state index is 12.1. The standard InChI is InChI=1S/C15H18N2O3/c1-20-11-6-2-9(3-7-11)8-12-14(18)17-13(10-4-5-10)15(19)16-12/h2-3,6-7,10,12-13H,4-5,8H2,1H3,(H,16,19)(H,17,18)/t12-,13-/m0/s1. The fourth-order valence-corrected chi connectivity index (χ4v) is 2.55. The molecule has 5 nitrogen and oxygen atoms in total. The van der Waals surface area contributed by atoms with Crippen LogP contribution in [0.3, 0.4) is 0 Å². The number of nitrogens with one attached hydrogen (secondary N) is 2. The first-order chi connectivity index (χ1) is 9.67. The molecule has 2 aliphatic rings. The number of carbonyl (C=O) groups excluding carboxylic acids is 2. The molecule has 0 spiro atoms. The number of hydrogen-bond donors (Lipinski definition) is 2. The third kappa shape index (κ3) is 2.61. The summed E-state index contributed by atoms with van der Waals surface area (Å²) in [6, 6.07) is 6.72. The molecular formula is C15H18N2O3. The number of ether oxygens (including phenoxy) is 1. The summed E-state index contributed by atoms with van der Waals surface area (Å²) >= 11 is 0. The van der Waals surface area contributed by atoms with Crippen LogP contribution in [0.25, 0.3) is 0 Å². The molecule has 1 aliphatic heterocycles. The van der Waals surface area contributed by atoms with Crippen molar-refractivity contribution in [2.24, 2.45) is 5.92 Å². The Morgan fingerprint density at radius 1 is 1.10 bits per heavy atom. The molecular weight excluding hydrogens is 256 g/mol. The van der Waals surface area contributed by atoms with E-state index in [0.29, 0.717) is 12.3 Å². The Morgan fingerprint density at radius 2 is 1.80 bits per heavy atom. The third-order valence-electron chi connectivity index (χ3n) is 3.91. The Bertz CT molecular complexity index is 522. The minimum Gasteiger partial charge on any atom is -0.497 e. The van der Waals surface area contributed by atoms with Crippen LogP contribution < -0.4 is 15.4 Å². The van der Waals surface area contributed by atoms with Gasteiger partial charge in [0.2, 0.25) is 11.8 Å². The molecule has 1 aromatic carbocycles. The van der Waals surface area contributed by atoms with Crippen molar-refractivity contribution in [2.75, 3.05) is 7.11 Å². The van der Waals surface area contributed by atoms with E-state index in [9.17, 15) is 9.59 Å². The summed E-state index contributed by atoms with van der Waals surface area (Å²) in [5.41, 5.74) is 0.996. The molecule has 2 atom stereocenters. The average molecular weight is 274 g/mol. The zero-order chi connectivity index (χ0) is 14.1. The van der Waals surface area contributed by atoms with Gasteiger partial charge in [0.25, 0.3) is 0 Å². The Balaban J connectivity index is 1.64. The zero-order valence-corrected chi connectivity index (χ0v) is 11.4. The minimum absolute atomic E-state index is 0.0504. The number of benzene rings is 1. The number of rotatable bonds is 4. The molecule has 0 radical (unpaired) electrons. The highest BCUT2D eigenvalue weighted by atomic mass is 16.5. The van der Waals surface area contributed by atoms with E-state index >= 15 is 0 Å². The molecule has 1 saturated heterocycles. The molecule has 20 heavy (non-hydrogen) atoms. The molecule has 0 aromatic heterocycles. The van der Waals surface area contributed by atoms with Crippen molar-refractivity contribution in [3.8, 4) is 5.75 Å². The molecule has 2 fully saturated rings. The van der Waals surface area contributed by atoms with Gasteiger partial charge in [-0.1, -0.05) is 12.1 Å². The SMILES string of the molecule is COc1ccc(C[C@@H]2NC(=O)[C@H](C3CC3)NC2=O)cc1. The van der Waals surface area contributed by atoms with Gasteiger partial charge in [-0.2, -0.15) is 0 Å². The number of methoxy groups -OCH3 is 1. The molecule has 2 N–H and O–H groups in total. The van der Waals surface area contributed by atoms with Crippen molar-refractivity contribution in [3.05, 3.63) is 29.8 Å². The molecule has 1 aromatic rings. The van der Waals surface area contributed by atoms with Crippen LogP contribution in [-0.4, -0.2) is 31.0 Å². The van der Waals surface area contributed by atoms with Crippen molar-refractivity contribution in [1.29, 1.82) is 0 Å². The topological polar surface area (TPSA) is 67.4 Å². The van der Waals surface area contributed by atoms with Crippen LogP contribution in [0.1, 0.15) is 18.4 Å². The average Bonchev–Trinajstić information content (AvgIpc) is 3.28. The van der Waals surface area contributed by atoms with Gasteiger partial charge in [0.05, 0.1) is 7.11 Å². The molecule has 3 rings (SSSR count). The van der Waals surface area contributed by atoms with Crippen LogP contribution in [0.15, 0.2) is 24.3 Å². The van der Waals surface area contributed by atoms with Crippen molar-refractivity contribution in [2.45, 2.75) is 31.3 Å². The van der Waals surface area contributed by atoms with Gasteiger partial charge in [0.15, 0.2) is 0 Å². The number of hydrogen-bond acceptors (Lipinski definition) is 3. The van der Waals surface area contributed by atoms with Crippen LogP contribution in [0.4, 0.5) is 0 Å². The fourth-order valence-electron chi connectivity index (χ4n) is 2.55. The van der Waals surface area contributed by atoms with E-state index in [-0.39, 0.29) is 17.9 Å². The van der Waals surface area contributed by atoms with Crippen molar-refractivity contribution in [3.63, 3.8) is 0 Å². The Labute approximate surface area is 117 Å². The van der Waals surface area contributed by atoms with Gasteiger partial charge in [0.1, 0.15) is 17.8 Å². The van der Waals surface area contributed by atoms with Gasteiger partial charge in [-0.3, -0.25) is 9.59 Å². The van der Waals surface area contributed by atoms with E-state index in [4.69, 9.17) is 4.74 Å². The second-order valence-corrected chi connectivity index (χ2v) is 5.44. The van der Waals surface area contributed by atoms with Crippen LogP contribution >= 0.6 is 0 Å². The van der Waals surface area contributed by atoms with Crippen LogP contribution in [0.2, 0.25) is 0 Å². The van der Waals surface area contributed by atoms with Gasteiger partial charge in [0, 0.05) is 6.42 Å². The Hall–Kier alpha value is -2.04. The first-order valence-corrected chi connectivity index (χ1v) is 6.91. The maximum absolute atomic E-state index is 12.1. The molecule has 5 heteroatoms. The van der Waals surface area contributed by atoms with Gasteiger partial charge >= 0.3 is 0 Å². The summed E-state index contributed by atoms with van der Waals surface area (Å²) < 4.78 is 5.10. The highest BCUT2D eigenvalue weighted by Crippen LogP contribution is 2.33. The fraction of sp³-hybridized carbons (Fsp3) is 0.467. The van der Waals surface area contributed by atoms with E-state index in [1.54, 1.807) is 7.11 Å². The molecule has 1 aliphatic carbocycles. The molecule has 1 heterocycles. The maximum Gasteiger partial charge on any atom is 0.243 e. The van der Waals surface area contributed by atoms with Crippen LogP contribution in [-0.2, 0) is 16.0 Å². The quantitative estimate of drug-likeness (QED) is 0.846. The van der Waals surface area contributed by atoms with Gasteiger partial charge in [-0.25, -0.2) is 0 Å². The lowest BCUT2D eigenvalue weighted by Crippen LogP contribution is -2.63. The molecule has 0 bridgehead atoms. The van der Waals surface area contributed by atoms with Gasteiger partial charge in [-0.05, 0) is 36.5 Å². The molecule has 106 valence electrons. The Kier molecular flexibility index (Phi) is 3.34. The van der Waals surface area contributed by atoms with E-state index in [1.165, 1.54) is 0 Å². The van der Waals surface area contributed by atoms with Crippen molar-refractivity contribution >= 4 is 11.8 Å². The first-order valence-electron chi connectivity index (χ1n) is 6.91. The summed E-state index contributed by atoms with van der Waals surface area (Å²) in [5.74, 6) is 0.975. The smallest absolute Gasteiger partial charge is 0.243 e. The highest BCUT2D eigenvalue weighted by molar-refractivity contribution is 5.97. The van der Waals surface area contributed by atoms with Crippen molar-refractivity contribution in [1.82, 2.24) is 10.6 Å². The van der Waals surface area contributed by atoms with Gasteiger partial charge < -0.3 is 15.4 Å².